The number of hydrogen-bond acceptors (Lipinski definition) is 5. The number of urea groups is 1. The number of benzene rings is 1. The van der Waals surface area contributed by atoms with Gasteiger partial charge in [-0.1, -0.05) is 32.0 Å². The number of halogens is 2. The molecule has 9 heteroatoms. The fraction of sp³-hybridized carbons (Fsp3) is 0.478. The molecule has 172 valence electrons. The summed E-state index contributed by atoms with van der Waals surface area (Å²) in [4.78, 5) is 21.6. The molecule has 0 unspecified atom stereocenters. The Morgan fingerprint density at radius 2 is 1.94 bits per heavy atom. The summed E-state index contributed by atoms with van der Waals surface area (Å²) in [5.41, 5.74) is 2.47. The summed E-state index contributed by atoms with van der Waals surface area (Å²) >= 11 is 0. The summed E-state index contributed by atoms with van der Waals surface area (Å²) in [5.74, 6) is -0.0937. The first-order valence-electron chi connectivity index (χ1n) is 10.8. The molecule has 0 atom stereocenters. The second-order valence-corrected chi connectivity index (χ2v) is 8.50. The Bertz CT molecular complexity index is 962. The van der Waals surface area contributed by atoms with E-state index < -0.39 is 12.6 Å². The summed E-state index contributed by atoms with van der Waals surface area (Å²) in [5, 5.41) is 2.75. The van der Waals surface area contributed by atoms with E-state index in [1.54, 1.807) is 17.9 Å². The molecule has 2 aromatic rings. The van der Waals surface area contributed by atoms with Gasteiger partial charge in [-0.2, -0.15) is 8.78 Å². The van der Waals surface area contributed by atoms with Crippen molar-refractivity contribution in [2.24, 2.45) is 0 Å². The van der Waals surface area contributed by atoms with Crippen LogP contribution in [-0.2, 0) is 4.74 Å². The van der Waals surface area contributed by atoms with Crippen LogP contribution in [0.15, 0.2) is 36.4 Å². The fourth-order valence-electron chi connectivity index (χ4n) is 4.03. The van der Waals surface area contributed by atoms with Crippen LogP contribution in [-0.4, -0.2) is 60.9 Å². The normalized spacial score (nSPS) is 17.2. The monoisotopic (exact) mass is 446 g/mol. The topological polar surface area (TPSA) is 66.9 Å². The number of likely N-dealkylation sites (tertiary alicyclic amines) is 1. The van der Waals surface area contributed by atoms with Crippen molar-refractivity contribution in [1.82, 2.24) is 9.88 Å². The van der Waals surface area contributed by atoms with Crippen LogP contribution in [0.5, 0.6) is 5.88 Å². The SMILES string of the molecule is Cc1ccc(NC(=O)N(c2ccccc2C(C)C)C2CN(C3COC3)C2)c(OC(F)F)n1. The second kappa shape index (κ2) is 9.38. The number of nitrogens with zero attached hydrogens (tertiary/aromatic N) is 3. The molecule has 32 heavy (non-hydrogen) atoms. The Balaban J connectivity index is 1.61. The number of nitrogens with one attached hydrogen (secondary N) is 1. The van der Waals surface area contributed by atoms with Crippen LogP contribution in [0.1, 0.15) is 31.0 Å². The smallest absolute Gasteiger partial charge is 0.388 e. The molecule has 3 heterocycles. The minimum Gasteiger partial charge on any atom is -0.415 e. The molecule has 0 spiro atoms. The predicted octanol–water partition coefficient (Wildman–Crippen LogP) is 4.24. The molecule has 2 aliphatic heterocycles. The highest BCUT2D eigenvalue weighted by atomic mass is 19.3. The van der Waals surface area contributed by atoms with E-state index in [0.29, 0.717) is 24.9 Å². The minimum absolute atomic E-state index is 0.0478. The van der Waals surface area contributed by atoms with E-state index in [9.17, 15) is 13.6 Å². The summed E-state index contributed by atoms with van der Waals surface area (Å²) in [6.45, 7) is 5.65. The number of alkyl halides is 2. The van der Waals surface area contributed by atoms with Crippen molar-refractivity contribution < 1.29 is 23.0 Å². The van der Waals surface area contributed by atoms with Crippen LogP contribution in [0, 0.1) is 6.92 Å². The first-order chi connectivity index (χ1) is 15.3. The molecule has 4 rings (SSSR count). The second-order valence-electron chi connectivity index (χ2n) is 8.50. The summed E-state index contributed by atoms with van der Waals surface area (Å²) in [7, 11) is 0. The molecular formula is C23H28F2N4O3. The molecule has 0 saturated carbocycles. The summed E-state index contributed by atoms with van der Waals surface area (Å²) in [6.07, 6.45) is 0. The maximum Gasteiger partial charge on any atom is 0.388 e. The predicted molar refractivity (Wildman–Crippen MR) is 118 cm³/mol. The Kier molecular flexibility index (Phi) is 6.57. The number of carbonyl (C=O) groups is 1. The van der Waals surface area contributed by atoms with Crippen molar-refractivity contribution in [3.63, 3.8) is 0 Å². The van der Waals surface area contributed by atoms with Crippen LogP contribution < -0.4 is 15.0 Å². The highest BCUT2D eigenvalue weighted by Crippen LogP contribution is 2.33. The number of ether oxygens (including phenoxy) is 2. The highest BCUT2D eigenvalue weighted by Gasteiger charge is 2.41. The molecule has 1 aromatic heterocycles. The third kappa shape index (κ3) is 4.68. The van der Waals surface area contributed by atoms with Crippen LogP contribution >= 0.6 is 0 Å². The fourth-order valence-corrected chi connectivity index (χ4v) is 4.03. The lowest BCUT2D eigenvalue weighted by Gasteiger charge is -2.51. The number of carbonyl (C=O) groups excluding carboxylic acids is 1. The van der Waals surface area contributed by atoms with Gasteiger partial charge in [-0.25, -0.2) is 9.78 Å². The van der Waals surface area contributed by atoms with Gasteiger partial charge in [0.1, 0.15) is 5.69 Å². The summed E-state index contributed by atoms with van der Waals surface area (Å²) < 4.78 is 35.6. The van der Waals surface area contributed by atoms with E-state index in [4.69, 9.17) is 4.74 Å². The number of pyridine rings is 1. The van der Waals surface area contributed by atoms with Gasteiger partial charge in [-0.15, -0.1) is 0 Å². The lowest BCUT2D eigenvalue weighted by molar-refractivity contribution is -0.0893. The van der Waals surface area contributed by atoms with Gasteiger partial charge >= 0.3 is 12.6 Å². The Morgan fingerprint density at radius 3 is 2.56 bits per heavy atom. The molecule has 0 radical (unpaired) electrons. The van der Waals surface area contributed by atoms with Gasteiger partial charge in [0.05, 0.1) is 25.3 Å². The number of aryl methyl sites for hydroxylation is 1. The van der Waals surface area contributed by atoms with E-state index in [2.05, 4.69) is 33.8 Å². The van der Waals surface area contributed by atoms with Crippen LogP contribution in [0.3, 0.4) is 0 Å². The molecular weight excluding hydrogens is 418 g/mol. The maximum absolute atomic E-state index is 13.5. The van der Waals surface area contributed by atoms with Crippen LogP contribution in [0.25, 0.3) is 0 Å². The minimum atomic E-state index is -3.04. The number of aromatic nitrogens is 1. The van der Waals surface area contributed by atoms with Gasteiger partial charge in [0.2, 0.25) is 5.88 Å². The lowest BCUT2D eigenvalue weighted by Crippen LogP contribution is -2.67. The summed E-state index contributed by atoms with van der Waals surface area (Å²) in [6, 6.07) is 10.9. The lowest BCUT2D eigenvalue weighted by atomic mass is 9.97. The van der Waals surface area contributed by atoms with E-state index >= 15 is 0 Å². The average molecular weight is 446 g/mol. The standard InChI is InChI=1S/C23H28F2N4O3/c1-14(2)18-6-4-5-7-20(18)29(16-10-28(11-16)17-12-31-13-17)23(30)27-19-9-8-15(3)26-21(19)32-22(24)25/h4-9,14,16-17,22H,10-13H2,1-3H3,(H,27,30). The largest absolute Gasteiger partial charge is 0.415 e. The van der Waals surface area contributed by atoms with E-state index in [-0.39, 0.29) is 23.5 Å². The zero-order valence-electron chi connectivity index (χ0n) is 18.4. The van der Waals surface area contributed by atoms with Crippen LogP contribution in [0.2, 0.25) is 0 Å². The molecule has 0 bridgehead atoms. The van der Waals surface area contributed by atoms with Gasteiger partial charge in [-0.3, -0.25) is 9.80 Å². The highest BCUT2D eigenvalue weighted by molar-refractivity contribution is 6.03. The number of amides is 2. The zero-order chi connectivity index (χ0) is 22.8. The number of hydrogen-bond donors (Lipinski definition) is 1. The van der Waals surface area contributed by atoms with Crippen molar-refractivity contribution >= 4 is 17.4 Å². The molecule has 2 amide bonds. The average Bonchev–Trinajstić information content (AvgIpc) is 2.66. The molecule has 1 N–H and O–H groups in total. The van der Waals surface area contributed by atoms with Gasteiger partial charge in [-0.05, 0) is 36.6 Å². The molecule has 1 aromatic carbocycles. The van der Waals surface area contributed by atoms with Crippen molar-refractivity contribution in [3.05, 3.63) is 47.7 Å². The third-order valence-electron chi connectivity index (χ3n) is 5.87. The number of anilines is 2. The van der Waals surface area contributed by atoms with Crippen LogP contribution in [0.4, 0.5) is 25.0 Å². The first kappa shape index (κ1) is 22.4. The van der Waals surface area contributed by atoms with E-state index in [1.165, 1.54) is 6.07 Å². The van der Waals surface area contributed by atoms with Crippen molar-refractivity contribution in [2.75, 3.05) is 36.5 Å². The Hall–Kier alpha value is -2.78. The zero-order valence-corrected chi connectivity index (χ0v) is 18.4. The molecule has 0 aliphatic carbocycles. The Labute approximate surface area is 186 Å². The molecule has 2 fully saturated rings. The number of rotatable bonds is 7. The van der Waals surface area contributed by atoms with Gasteiger partial charge in [0, 0.05) is 24.5 Å². The maximum atomic E-state index is 13.5. The van der Waals surface area contributed by atoms with Gasteiger partial charge in [0.25, 0.3) is 0 Å². The quantitative estimate of drug-likeness (QED) is 0.689. The van der Waals surface area contributed by atoms with E-state index in [0.717, 1.165) is 24.3 Å². The molecule has 2 aliphatic rings. The van der Waals surface area contributed by atoms with E-state index in [1.807, 2.05) is 24.3 Å². The molecule has 7 nitrogen and oxygen atoms in total. The molecule has 2 saturated heterocycles. The number of para-hydroxylation sites is 1. The Morgan fingerprint density at radius 1 is 1.22 bits per heavy atom. The van der Waals surface area contributed by atoms with Crippen molar-refractivity contribution in [2.45, 2.75) is 45.4 Å². The van der Waals surface area contributed by atoms with Crippen molar-refractivity contribution in [3.8, 4) is 5.88 Å². The van der Waals surface area contributed by atoms with Gasteiger partial charge < -0.3 is 14.8 Å². The van der Waals surface area contributed by atoms with Gasteiger partial charge in [0.15, 0.2) is 0 Å². The third-order valence-corrected chi connectivity index (χ3v) is 5.87. The first-order valence-corrected chi connectivity index (χ1v) is 10.8. The van der Waals surface area contributed by atoms with Crippen molar-refractivity contribution in [1.29, 1.82) is 0 Å².